The van der Waals surface area contributed by atoms with Crippen LogP contribution in [-0.2, 0) is 4.79 Å². The van der Waals surface area contributed by atoms with E-state index in [2.05, 4.69) is 0 Å². The van der Waals surface area contributed by atoms with Crippen LogP contribution in [0.1, 0.15) is 6.42 Å². The lowest BCUT2D eigenvalue weighted by Gasteiger charge is -2.33. The number of allylic oxidation sites excluding steroid dienone is 4. The van der Waals surface area contributed by atoms with Crippen molar-refractivity contribution in [3.05, 3.63) is 24.3 Å². The lowest BCUT2D eigenvalue weighted by atomic mass is 9.96. The molecule has 0 amide bonds. The predicted molar refractivity (Wildman–Crippen MR) is 56.8 cm³/mol. The maximum atomic E-state index is 10.9. The van der Waals surface area contributed by atoms with Crippen LogP contribution in [0.2, 0.25) is 0 Å². The summed E-state index contributed by atoms with van der Waals surface area (Å²) in [4.78, 5) is 9.78. The Hall–Kier alpha value is 0.310. The van der Waals surface area contributed by atoms with Crippen molar-refractivity contribution in [3.63, 3.8) is 0 Å². The van der Waals surface area contributed by atoms with Crippen molar-refractivity contribution >= 4 is 51.6 Å². The van der Waals surface area contributed by atoms with Gasteiger partial charge in [0.1, 0.15) is 4.87 Å². The summed E-state index contributed by atoms with van der Waals surface area (Å²) in [6.45, 7) is 0. The van der Waals surface area contributed by atoms with Crippen LogP contribution in [-0.4, -0.2) is 14.4 Å². The van der Waals surface area contributed by atoms with Crippen molar-refractivity contribution in [1.82, 2.24) is 0 Å². The zero-order valence-electron chi connectivity index (χ0n) is 6.44. The Labute approximate surface area is 96.3 Å². The van der Waals surface area contributed by atoms with Crippen molar-refractivity contribution in [2.45, 2.75) is 15.6 Å². The summed E-state index contributed by atoms with van der Waals surface area (Å²) in [6.07, 6.45) is 7.18. The molecule has 0 aromatic rings. The molecule has 0 aromatic carbocycles. The Kier molecular flexibility index (Phi) is 3.34. The highest BCUT2D eigenvalue weighted by Gasteiger charge is 2.51. The molecule has 1 atom stereocenters. The molecule has 1 rings (SSSR count). The molecule has 0 aromatic heterocycles. The van der Waals surface area contributed by atoms with Crippen molar-refractivity contribution in [2.24, 2.45) is 0 Å². The molecule has 1 nitrogen and oxygen atoms in total. The molecule has 0 spiro atoms. The Bertz CT molecular complexity index is 282. The van der Waals surface area contributed by atoms with Crippen LogP contribution in [0.25, 0.3) is 0 Å². The van der Waals surface area contributed by atoms with Crippen LogP contribution in [0.5, 0.6) is 0 Å². The largest absolute Gasteiger partial charge is 0.278 e. The third kappa shape index (κ3) is 2.04. The molecule has 0 saturated heterocycles. The summed E-state index contributed by atoms with van der Waals surface area (Å²) in [5, 5.41) is -0.870. The molecule has 5 heteroatoms. The lowest BCUT2D eigenvalue weighted by molar-refractivity contribution is -0.112. The molecule has 1 aliphatic carbocycles. The minimum Gasteiger partial charge on any atom is -0.278 e. The Balaban J connectivity index is 2.99. The zero-order chi connectivity index (χ0) is 10.1. The van der Waals surface area contributed by atoms with E-state index in [0.29, 0.717) is 6.42 Å². The van der Waals surface area contributed by atoms with Crippen LogP contribution in [0.15, 0.2) is 24.3 Å². The summed E-state index contributed by atoms with van der Waals surface area (Å²) in [5.41, 5.74) is 0. The quantitative estimate of drug-likeness (QED) is 0.549. The molecule has 72 valence electrons. The van der Waals surface area contributed by atoms with Crippen LogP contribution in [0, 0.1) is 0 Å². The fourth-order valence-corrected chi connectivity index (χ4v) is 1.74. The third-order valence-corrected chi connectivity index (χ3v) is 4.04. The molecule has 13 heavy (non-hydrogen) atoms. The van der Waals surface area contributed by atoms with Gasteiger partial charge in [0, 0.05) is 0 Å². The SMILES string of the molecule is O=C(Cl)C(Cl)(Cl)C1(Cl)C=CC=CC1. The van der Waals surface area contributed by atoms with Gasteiger partial charge in [-0.15, -0.1) is 11.6 Å². The van der Waals surface area contributed by atoms with Gasteiger partial charge < -0.3 is 0 Å². The normalized spacial score (nSPS) is 27.7. The minimum atomic E-state index is -1.79. The molecule has 0 aliphatic heterocycles. The number of hydrogen-bond donors (Lipinski definition) is 0. The first-order chi connectivity index (χ1) is 5.90. The number of rotatable bonds is 2. The van der Waals surface area contributed by atoms with E-state index in [0.717, 1.165) is 0 Å². The topological polar surface area (TPSA) is 17.1 Å². The summed E-state index contributed by atoms with van der Waals surface area (Å²) < 4.78 is -1.79. The Morgan fingerprint density at radius 2 is 2.00 bits per heavy atom. The molecule has 0 heterocycles. The second-order valence-corrected chi connectivity index (χ2v) is 5.05. The van der Waals surface area contributed by atoms with E-state index >= 15 is 0 Å². The van der Waals surface area contributed by atoms with Gasteiger partial charge in [-0.3, -0.25) is 4.79 Å². The fourth-order valence-electron chi connectivity index (χ4n) is 0.990. The first-order valence-electron chi connectivity index (χ1n) is 3.51. The summed E-state index contributed by atoms with van der Waals surface area (Å²) in [7, 11) is 0. The highest BCUT2D eigenvalue weighted by Crippen LogP contribution is 2.45. The molecular formula is C8H6Cl4O. The fraction of sp³-hybridized carbons (Fsp3) is 0.375. The van der Waals surface area contributed by atoms with Gasteiger partial charge in [0.25, 0.3) is 5.24 Å². The molecule has 0 radical (unpaired) electrons. The van der Waals surface area contributed by atoms with Crippen LogP contribution < -0.4 is 0 Å². The second kappa shape index (κ2) is 3.82. The van der Waals surface area contributed by atoms with E-state index in [9.17, 15) is 4.79 Å². The summed E-state index contributed by atoms with van der Waals surface area (Å²) in [6, 6.07) is 0. The first kappa shape index (κ1) is 11.4. The number of halogens is 4. The first-order valence-corrected chi connectivity index (χ1v) is 5.02. The lowest BCUT2D eigenvalue weighted by Crippen LogP contribution is -2.44. The van der Waals surface area contributed by atoms with Gasteiger partial charge in [-0.1, -0.05) is 47.5 Å². The monoisotopic (exact) mass is 258 g/mol. The van der Waals surface area contributed by atoms with E-state index in [1.807, 2.05) is 0 Å². The van der Waals surface area contributed by atoms with Crippen molar-refractivity contribution in [2.75, 3.05) is 0 Å². The second-order valence-electron chi connectivity index (χ2n) is 2.70. The van der Waals surface area contributed by atoms with Crippen molar-refractivity contribution in [3.8, 4) is 0 Å². The van der Waals surface area contributed by atoms with Gasteiger partial charge in [-0.2, -0.15) is 0 Å². The number of carbonyl (C=O) groups excluding carboxylic acids is 1. The zero-order valence-corrected chi connectivity index (χ0v) is 9.46. The number of alkyl halides is 3. The third-order valence-electron chi connectivity index (χ3n) is 1.79. The van der Waals surface area contributed by atoms with Gasteiger partial charge in [0.05, 0.1) is 0 Å². The maximum Gasteiger partial charge on any atom is 0.259 e. The predicted octanol–water partition coefficient (Wildman–Crippen LogP) is 3.42. The van der Waals surface area contributed by atoms with Gasteiger partial charge in [0.2, 0.25) is 4.33 Å². The van der Waals surface area contributed by atoms with E-state index in [1.54, 1.807) is 24.3 Å². The molecular weight excluding hydrogens is 254 g/mol. The molecule has 1 unspecified atom stereocenters. The number of carbonyl (C=O) groups is 1. The van der Waals surface area contributed by atoms with Crippen LogP contribution in [0.4, 0.5) is 0 Å². The van der Waals surface area contributed by atoms with E-state index in [4.69, 9.17) is 46.4 Å². The minimum absolute atomic E-state index is 0.372. The smallest absolute Gasteiger partial charge is 0.259 e. The number of hydrogen-bond acceptors (Lipinski definition) is 1. The molecule has 0 N–H and O–H groups in total. The highest BCUT2D eigenvalue weighted by molar-refractivity contribution is 6.80. The Morgan fingerprint density at radius 3 is 2.38 bits per heavy atom. The van der Waals surface area contributed by atoms with Gasteiger partial charge >= 0.3 is 0 Å². The van der Waals surface area contributed by atoms with E-state index < -0.39 is 14.4 Å². The van der Waals surface area contributed by atoms with Crippen molar-refractivity contribution in [1.29, 1.82) is 0 Å². The molecule has 0 bridgehead atoms. The average Bonchev–Trinajstić information content (AvgIpc) is 2.05. The molecule has 0 fully saturated rings. The standard InChI is InChI=1S/C8H6Cl4O/c9-6(13)8(11,12)7(10)4-2-1-3-5-7/h1-4H,5H2. The Morgan fingerprint density at radius 1 is 1.38 bits per heavy atom. The van der Waals surface area contributed by atoms with Gasteiger partial charge in [0.15, 0.2) is 0 Å². The van der Waals surface area contributed by atoms with Gasteiger partial charge in [-0.25, -0.2) is 0 Å². The summed E-state index contributed by atoms with van der Waals surface area (Å²) >= 11 is 22.8. The highest BCUT2D eigenvalue weighted by atomic mass is 35.5. The van der Waals surface area contributed by atoms with Gasteiger partial charge in [-0.05, 0) is 18.0 Å². The summed E-state index contributed by atoms with van der Waals surface area (Å²) in [5.74, 6) is 0. The van der Waals surface area contributed by atoms with Crippen molar-refractivity contribution < 1.29 is 4.79 Å². The van der Waals surface area contributed by atoms with Crippen LogP contribution in [0.3, 0.4) is 0 Å². The van der Waals surface area contributed by atoms with Crippen LogP contribution >= 0.6 is 46.4 Å². The average molecular weight is 260 g/mol. The molecule has 1 aliphatic rings. The van der Waals surface area contributed by atoms with E-state index in [-0.39, 0.29) is 0 Å². The van der Waals surface area contributed by atoms with E-state index in [1.165, 1.54) is 0 Å². The maximum absolute atomic E-state index is 10.9. The molecule has 0 saturated carbocycles.